The molecule has 0 unspecified atom stereocenters. The number of aryl methyl sites for hydroxylation is 2. The van der Waals surface area contributed by atoms with Crippen molar-refractivity contribution >= 4 is 72.1 Å². The molecule has 6 aromatic heterocycles. The summed E-state index contributed by atoms with van der Waals surface area (Å²) in [5.41, 5.74) is 12.5. The van der Waals surface area contributed by atoms with Crippen LogP contribution in [-0.4, -0.2) is 64.2 Å². The lowest BCUT2D eigenvalue weighted by atomic mass is 10.0. The third kappa shape index (κ3) is 12.1. The van der Waals surface area contributed by atoms with E-state index in [0.29, 0.717) is 44.4 Å². The first-order valence-electron chi connectivity index (χ1n) is 16.9. The van der Waals surface area contributed by atoms with E-state index >= 15 is 0 Å². The number of halogens is 3. The number of aliphatic hydroxyl groups is 1. The average Bonchev–Trinajstić information content (AvgIpc) is 3.63. The first-order chi connectivity index (χ1) is 27.3. The number of hydrogen-bond donors (Lipinski definition) is 5. The fraction of sp³-hybridized carbons (Fsp3) is 0.154. The lowest BCUT2D eigenvalue weighted by Gasteiger charge is -2.13. The summed E-state index contributed by atoms with van der Waals surface area (Å²) in [7, 11) is 1.34. The van der Waals surface area contributed by atoms with Crippen LogP contribution in [-0.2, 0) is 24.3 Å². The number of nitrogens with one attached hydrogen (secondary N) is 3. The zero-order valence-corrected chi connectivity index (χ0v) is 34.6. The number of H-pyrrole nitrogens is 2. The van der Waals surface area contributed by atoms with Gasteiger partial charge in [0.25, 0.3) is 5.91 Å². The minimum atomic E-state index is -0.464. The van der Waals surface area contributed by atoms with E-state index in [1.807, 2.05) is 38.1 Å². The second-order valence-corrected chi connectivity index (χ2v) is 14.3. The highest BCUT2D eigenvalue weighted by Crippen LogP contribution is 2.22. The maximum Gasteiger partial charge on any atom is 0.340 e. The van der Waals surface area contributed by atoms with Crippen molar-refractivity contribution < 1.29 is 19.4 Å². The summed E-state index contributed by atoms with van der Waals surface area (Å²) in [6, 6.07) is 19.5. The number of anilines is 1. The summed E-state index contributed by atoms with van der Waals surface area (Å²) in [6.07, 6.45) is 5.23. The maximum atomic E-state index is 13.2. The molecule has 15 nitrogen and oxygen atoms in total. The number of aromatic nitrogens is 8. The molecule has 0 aliphatic rings. The van der Waals surface area contributed by atoms with Gasteiger partial charge in [-0.1, -0.05) is 17.7 Å². The van der Waals surface area contributed by atoms with Crippen LogP contribution < -0.4 is 16.7 Å². The number of carbonyl (C=O) groups is 2. The van der Waals surface area contributed by atoms with E-state index in [4.69, 9.17) is 22.4 Å². The average molecular weight is 919 g/mol. The molecule has 0 aliphatic carbocycles. The molecular formula is C39H35Br2ClN10O5. The molecule has 0 saturated heterocycles. The summed E-state index contributed by atoms with van der Waals surface area (Å²) in [6.45, 7) is 4.14. The molecule has 1 amide bonds. The molecular weight excluding hydrogens is 884 g/mol. The quantitative estimate of drug-likeness (QED) is 0.0820. The second kappa shape index (κ2) is 19.8. The number of carbonyl (C=O) groups excluding carboxylic acids is 2. The van der Waals surface area contributed by atoms with Gasteiger partial charge < -0.3 is 20.9 Å². The largest absolute Gasteiger partial charge is 0.465 e. The molecule has 6 N–H and O–H groups in total. The monoisotopic (exact) mass is 916 g/mol. The van der Waals surface area contributed by atoms with Gasteiger partial charge in [-0.15, -0.1) is 0 Å². The van der Waals surface area contributed by atoms with Gasteiger partial charge in [-0.05, 0) is 129 Å². The predicted molar refractivity (Wildman–Crippen MR) is 222 cm³/mol. The second-order valence-electron chi connectivity index (χ2n) is 12.2. The maximum absolute atomic E-state index is 13.2. The highest BCUT2D eigenvalue weighted by Gasteiger charge is 2.15. The smallest absolute Gasteiger partial charge is 0.340 e. The van der Waals surface area contributed by atoms with Crippen LogP contribution in [0.4, 0.5) is 5.82 Å². The zero-order valence-electron chi connectivity index (χ0n) is 30.7. The van der Waals surface area contributed by atoms with Gasteiger partial charge in [0.2, 0.25) is 0 Å². The number of amides is 1. The van der Waals surface area contributed by atoms with Crippen molar-refractivity contribution in [1.29, 1.82) is 0 Å². The van der Waals surface area contributed by atoms with E-state index in [2.05, 4.69) is 82.0 Å². The molecule has 0 atom stereocenters. The van der Waals surface area contributed by atoms with Gasteiger partial charge >= 0.3 is 11.7 Å². The number of rotatable bonds is 8. The van der Waals surface area contributed by atoms with Gasteiger partial charge in [0.1, 0.15) is 20.7 Å². The van der Waals surface area contributed by atoms with Crippen LogP contribution in [0, 0.1) is 13.8 Å². The normalized spacial score (nSPS) is 10.5. The molecule has 0 fully saturated rings. The van der Waals surface area contributed by atoms with Crippen LogP contribution in [0.5, 0.6) is 0 Å². The number of nitrogen functional groups attached to an aromatic ring is 1. The number of nitrogens with two attached hydrogens (primary N) is 1. The summed E-state index contributed by atoms with van der Waals surface area (Å²) in [5.74, 6) is 0.0269. The van der Waals surface area contributed by atoms with Crippen LogP contribution >= 0.6 is 43.5 Å². The Morgan fingerprint density at radius 2 is 1.67 bits per heavy atom. The Balaban J connectivity index is 0.000000252. The molecule has 0 saturated carbocycles. The van der Waals surface area contributed by atoms with E-state index in [9.17, 15) is 14.4 Å². The van der Waals surface area contributed by atoms with Crippen LogP contribution in [0.25, 0.3) is 22.4 Å². The Morgan fingerprint density at radius 3 is 2.32 bits per heavy atom. The van der Waals surface area contributed by atoms with Crippen LogP contribution in [0.1, 0.15) is 54.4 Å². The molecule has 1 aromatic carbocycles. The lowest BCUT2D eigenvalue weighted by Crippen LogP contribution is -2.24. The van der Waals surface area contributed by atoms with Crippen LogP contribution in [0.15, 0.2) is 99.3 Å². The molecule has 57 heavy (non-hydrogen) atoms. The van der Waals surface area contributed by atoms with Crippen molar-refractivity contribution in [2.45, 2.75) is 33.4 Å². The first kappa shape index (κ1) is 42.3. The molecule has 0 spiro atoms. The van der Waals surface area contributed by atoms with Gasteiger partial charge in [-0.25, -0.2) is 34.6 Å². The topological polar surface area (TPSA) is 228 Å². The number of hydrogen-bond acceptors (Lipinski definition) is 12. The zero-order chi connectivity index (χ0) is 41.1. The third-order valence-electron chi connectivity index (χ3n) is 8.10. The Kier molecular flexibility index (Phi) is 14.7. The number of aliphatic hydroxyl groups excluding tert-OH is 1. The number of fused-ring (bicyclic) bond motifs is 1. The molecule has 6 heterocycles. The highest BCUT2D eigenvalue weighted by atomic mass is 79.9. The summed E-state index contributed by atoms with van der Waals surface area (Å²) in [4.78, 5) is 59.4. The molecule has 0 radical (unpaired) electrons. The number of esters is 1. The molecule has 7 aromatic rings. The Bertz CT molecular complexity index is 2580. The minimum absolute atomic E-state index is 0.0706. The van der Waals surface area contributed by atoms with Crippen molar-refractivity contribution in [1.82, 2.24) is 45.4 Å². The van der Waals surface area contributed by atoms with Crippen molar-refractivity contribution in [3.63, 3.8) is 0 Å². The van der Waals surface area contributed by atoms with Gasteiger partial charge in [-0.3, -0.25) is 14.8 Å². The van der Waals surface area contributed by atoms with E-state index in [0.717, 1.165) is 43.5 Å². The van der Waals surface area contributed by atoms with Crippen molar-refractivity contribution in [2.24, 2.45) is 0 Å². The lowest BCUT2D eigenvalue weighted by molar-refractivity contribution is 0.0600. The predicted octanol–water partition coefficient (Wildman–Crippen LogP) is 6.44. The fourth-order valence-electron chi connectivity index (χ4n) is 5.41. The fourth-order valence-corrected chi connectivity index (χ4v) is 6.35. The standard InChI is InChI=1S/C26H23ClN8O2.C7H6BrNO2.C6H6BrNO/c1-13-5-23(28)31-14(2)20(13)12-30-25(36)17-9-19(32-22(10-17)24-33-26(37)35-34-24)7-15-3-4-21-16(6-15)8-18(27)11-29-21;1-11-7(10)5-2-3-9-6(8)4-5;7-6-3-5(4-9)1-2-8-6/h3-6,8-11H,7,12H2,1-2H3,(H2,28,31)(H,30,36)(H2,33,34,35,37);2-4H,1H3;1-3,9H,4H2. The summed E-state index contributed by atoms with van der Waals surface area (Å²) in [5, 5.41) is 19.3. The van der Waals surface area contributed by atoms with Crippen LogP contribution in [0.3, 0.4) is 0 Å². The van der Waals surface area contributed by atoms with Gasteiger partial charge in [0.15, 0.2) is 5.82 Å². The van der Waals surface area contributed by atoms with Crippen molar-refractivity contribution in [3.05, 3.63) is 155 Å². The van der Waals surface area contributed by atoms with Gasteiger partial charge in [-0.2, -0.15) is 5.10 Å². The van der Waals surface area contributed by atoms with Gasteiger partial charge in [0, 0.05) is 53.9 Å². The molecule has 0 aliphatic heterocycles. The summed E-state index contributed by atoms with van der Waals surface area (Å²) < 4.78 is 5.89. The van der Waals surface area contributed by atoms with E-state index in [1.165, 1.54) is 13.3 Å². The Labute approximate surface area is 347 Å². The molecule has 18 heteroatoms. The van der Waals surface area contributed by atoms with Crippen molar-refractivity contribution in [2.75, 3.05) is 12.8 Å². The minimum Gasteiger partial charge on any atom is -0.465 e. The van der Waals surface area contributed by atoms with Gasteiger partial charge in [0.05, 0.1) is 29.8 Å². The number of methoxy groups -OCH3 is 1. The Morgan fingerprint density at radius 1 is 0.912 bits per heavy atom. The number of nitrogens with zero attached hydrogens (tertiary/aromatic N) is 6. The van der Waals surface area contributed by atoms with E-state index in [-0.39, 0.29) is 30.9 Å². The Hall–Kier alpha value is -5.88. The third-order valence-corrected chi connectivity index (χ3v) is 9.18. The number of benzene rings is 1. The van der Waals surface area contributed by atoms with E-state index in [1.54, 1.807) is 54.9 Å². The number of pyridine rings is 5. The highest BCUT2D eigenvalue weighted by molar-refractivity contribution is 9.10. The summed E-state index contributed by atoms with van der Waals surface area (Å²) >= 11 is 12.4. The molecule has 0 bridgehead atoms. The first-order valence-corrected chi connectivity index (χ1v) is 18.9. The van der Waals surface area contributed by atoms with Crippen molar-refractivity contribution in [3.8, 4) is 11.5 Å². The van der Waals surface area contributed by atoms with E-state index < -0.39 is 5.69 Å². The van der Waals surface area contributed by atoms with Crippen LogP contribution in [0.2, 0.25) is 5.02 Å². The number of aromatic amines is 2. The molecule has 292 valence electrons. The SMILES string of the molecule is COC(=O)c1ccnc(Br)c1.Cc1cc(N)nc(C)c1CNC(=O)c1cc(Cc2ccc3ncc(Cl)cc3c2)nc(-c2n[nH]c(=O)[nH]2)c1.OCc1ccnc(Br)c1. The molecule has 7 rings (SSSR count). The number of ether oxygens (including phenoxy) is 1.